The molecule has 1 atom stereocenters. The third-order valence-electron chi connectivity index (χ3n) is 4.71. The van der Waals surface area contributed by atoms with E-state index in [1.807, 2.05) is 0 Å². The van der Waals surface area contributed by atoms with Gasteiger partial charge in [-0.3, -0.25) is 16.2 Å². The van der Waals surface area contributed by atoms with E-state index >= 15 is 0 Å². The Kier molecular flexibility index (Phi) is 6.33. The maximum atomic E-state index is 5.87. The molecule has 1 rings (SSSR count). The molecular weight excluding hydrogens is 222 g/mol. The molecule has 0 aliphatic heterocycles. The van der Waals surface area contributed by atoms with Crippen molar-refractivity contribution in [3.63, 3.8) is 0 Å². The lowest BCUT2D eigenvalue weighted by molar-refractivity contribution is 0.0628. The fraction of sp³-hybridized carbons (Fsp3) is 0.867. The number of nitrogens with two attached hydrogens (primary N) is 1. The van der Waals surface area contributed by atoms with Gasteiger partial charge in [-0.1, -0.05) is 45.8 Å². The third-order valence-corrected chi connectivity index (χ3v) is 4.71. The maximum Gasteiger partial charge on any atom is 0.0431 e. The zero-order chi connectivity index (χ0) is 13.6. The van der Waals surface area contributed by atoms with E-state index in [0.29, 0.717) is 6.04 Å². The Hall–Kier alpha value is -0.380. The lowest BCUT2D eigenvalue weighted by atomic mass is 9.82. The lowest BCUT2D eigenvalue weighted by Gasteiger charge is -2.46. The molecule has 1 unspecified atom stereocenters. The molecule has 3 nitrogen and oxygen atoms in total. The first-order chi connectivity index (χ1) is 8.64. The highest BCUT2D eigenvalue weighted by atomic mass is 15.3. The lowest BCUT2D eigenvalue weighted by Crippen LogP contribution is -2.61. The molecular formula is C15H31N3. The van der Waals surface area contributed by atoms with E-state index in [2.05, 4.69) is 37.7 Å². The molecule has 106 valence electrons. The second kappa shape index (κ2) is 7.27. The molecule has 1 aliphatic rings. The number of likely N-dealkylation sites (N-methyl/N-ethyl adjacent to an activating group) is 1. The summed E-state index contributed by atoms with van der Waals surface area (Å²) in [5, 5.41) is 0. The molecule has 0 aromatic rings. The first-order valence-electron chi connectivity index (χ1n) is 7.52. The third kappa shape index (κ3) is 3.14. The fourth-order valence-electron chi connectivity index (χ4n) is 3.56. The van der Waals surface area contributed by atoms with E-state index in [1.54, 1.807) is 0 Å². The molecule has 0 spiro atoms. The van der Waals surface area contributed by atoms with Gasteiger partial charge in [-0.05, 0) is 38.8 Å². The highest BCUT2D eigenvalue weighted by Crippen LogP contribution is 2.39. The van der Waals surface area contributed by atoms with Gasteiger partial charge in [0, 0.05) is 11.6 Å². The van der Waals surface area contributed by atoms with Crippen molar-refractivity contribution in [2.45, 2.75) is 70.9 Å². The van der Waals surface area contributed by atoms with E-state index in [4.69, 9.17) is 5.84 Å². The molecule has 0 bridgehead atoms. The Balaban J connectivity index is 2.89. The van der Waals surface area contributed by atoms with Crippen LogP contribution in [0.1, 0.15) is 59.3 Å². The zero-order valence-corrected chi connectivity index (χ0v) is 12.5. The van der Waals surface area contributed by atoms with Crippen molar-refractivity contribution in [1.29, 1.82) is 0 Å². The average Bonchev–Trinajstić information content (AvgIpc) is 2.87. The Bertz CT molecular complexity index is 252. The van der Waals surface area contributed by atoms with Gasteiger partial charge in [0.15, 0.2) is 0 Å². The van der Waals surface area contributed by atoms with E-state index < -0.39 is 0 Å². The Morgan fingerprint density at radius 1 is 1.28 bits per heavy atom. The summed E-state index contributed by atoms with van der Waals surface area (Å²) in [6.45, 7) is 13.1. The summed E-state index contributed by atoms with van der Waals surface area (Å²) in [7, 11) is 0. The van der Waals surface area contributed by atoms with Crippen LogP contribution in [-0.2, 0) is 0 Å². The summed E-state index contributed by atoms with van der Waals surface area (Å²) in [5.74, 6) is 5.87. The summed E-state index contributed by atoms with van der Waals surface area (Å²) >= 11 is 0. The number of rotatable bonds is 8. The molecule has 0 amide bonds. The van der Waals surface area contributed by atoms with Crippen LogP contribution in [0.15, 0.2) is 12.2 Å². The van der Waals surface area contributed by atoms with Crippen LogP contribution in [-0.4, -0.2) is 29.6 Å². The van der Waals surface area contributed by atoms with E-state index in [0.717, 1.165) is 25.9 Å². The van der Waals surface area contributed by atoms with Crippen molar-refractivity contribution in [2.75, 3.05) is 13.1 Å². The molecule has 0 aromatic heterocycles. The molecule has 0 radical (unpaired) electrons. The van der Waals surface area contributed by atoms with E-state index in [1.165, 1.54) is 31.3 Å². The quantitative estimate of drug-likeness (QED) is 0.397. The minimum absolute atomic E-state index is 0.246. The standard InChI is InChI=1S/C15H31N3/c1-5-13(4)12-14(17-16)15(10-8-9-11-15)18(6-2)7-3/h14,17H,4-12,16H2,1-3H3. The Morgan fingerprint density at radius 3 is 2.22 bits per heavy atom. The van der Waals surface area contributed by atoms with Crippen LogP contribution in [0.3, 0.4) is 0 Å². The van der Waals surface area contributed by atoms with Crippen LogP contribution >= 0.6 is 0 Å². The molecule has 0 aromatic carbocycles. The Labute approximate surface area is 113 Å². The van der Waals surface area contributed by atoms with Crippen molar-refractivity contribution in [2.24, 2.45) is 5.84 Å². The van der Waals surface area contributed by atoms with Crippen LogP contribution in [0.5, 0.6) is 0 Å². The van der Waals surface area contributed by atoms with Crippen molar-refractivity contribution < 1.29 is 0 Å². The molecule has 1 saturated carbocycles. The molecule has 0 saturated heterocycles. The van der Waals surface area contributed by atoms with Gasteiger partial charge >= 0.3 is 0 Å². The summed E-state index contributed by atoms with van der Waals surface area (Å²) in [5.41, 5.74) is 4.65. The zero-order valence-electron chi connectivity index (χ0n) is 12.5. The summed E-state index contributed by atoms with van der Waals surface area (Å²) in [4.78, 5) is 2.60. The number of hydrogen-bond donors (Lipinski definition) is 2. The molecule has 1 fully saturated rings. The van der Waals surface area contributed by atoms with Crippen molar-refractivity contribution in [3.05, 3.63) is 12.2 Å². The second-order valence-electron chi connectivity index (χ2n) is 5.51. The fourth-order valence-corrected chi connectivity index (χ4v) is 3.56. The molecule has 1 aliphatic carbocycles. The predicted octanol–water partition coefficient (Wildman–Crippen LogP) is 2.83. The minimum Gasteiger partial charge on any atom is -0.297 e. The monoisotopic (exact) mass is 253 g/mol. The Morgan fingerprint density at radius 2 is 1.83 bits per heavy atom. The normalized spacial score (nSPS) is 20.3. The van der Waals surface area contributed by atoms with Gasteiger partial charge in [-0.15, -0.1) is 0 Å². The SMILES string of the molecule is C=C(CC)CC(NN)C1(N(CC)CC)CCCC1. The van der Waals surface area contributed by atoms with Gasteiger partial charge in [-0.2, -0.15) is 0 Å². The molecule has 0 heterocycles. The van der Waals surface area contributed by atoms with Gasteiger partial charge in [-0.25, -0.2) is 0 Å². The maximum absolute atomic E-state index is 5.87. The van der Waals surface area contributed by atoms with Gasteiger partial charge in [0.25, 0.3) is 0 Å². The van der Waals surface area contributed by atoms with E-state index in [9.17, 15) is 0 Å². The second-order valence-corrected chi connectivity index (χ2v) is 5.51. The topological polar surface area (TPSA) is 41.3 Å². The molecule has 3 N–H and O–H groups in total. The summed E-state index contributed by atoms with van der Waals surface area (Å²) in [6.07, 6.45) is 7.23. The van der Waals surface area contributed by atoms with E-state index in [-0.39, 0.29) is 5.54 Å². The van der Waals surface area contributed by atoms with Crippen molar-refractivity contribution in [1.82, 2.24) is 10.3 Å². The minimum atomic E-state index is 0.246. The largest absolute Gasteiger partial charge is 0.297 e. The smallest absolute Gasteiger partial charge is 0.0431 e. The highest BCUT2D eigenvalue weighted by molar-refractivity contribution is 5.08. The van der Waals surface area contributed by atoms with Gasteiger partial charge in [0.1, 0.15) is 0 Å². The predicted molar refractivity (Wildman–Crippen MR) is 79.3 cm³/mol. The van der Waals surface area contributed by atoms with Crippen LogP contribution in [0, 0.1) is 0 Å². The summed E-state index contributed by atoms with van der Waals surface area (Å²) in [6, 6.07) is 0.340. The number of hydrazine groups is 1. The van der Waals surface area contributed by atoms with Gasteiger partial charge in [0.05, 0.1) is 0 Å². The number of nitrogens with zero attached hydrogens (tertiary/aromatic N) is 1. The molecule has 18 heavy (non-hydrogen) atoms. The van der Waals surface area contributed by atoms with Crippen molar-refractivity contribution >= 4 is 0 Å². The first-order valence-corrected chi connectivity index (χ1v) is 7.52. The van der Waals surface area contributed by atoms with Gasteiger partial charge in [0.2, 0.25) is 0 Å². The summed E-state index contributed by atoms with van der Waals surface area (Å²) < 4.78 is 0. The van der Waals surface area contributed by atoms with Crippen LogP contribution in [0.4, 0.5) is 0 Å². The first kappa shape index (κ1) is 15.7. The van der Waals surface area contributed by atoms with Crippen LogP contribution in [0.25, 0.3) is 0 Å². The number of hydrogen-bond acceptors (Lipinski definition) is 3. The number of nitrogens with one attached hydrogen (secondary N) is 1. The average molecular weight is 253 g/mol. The molecule has 3 heteroatoms. The van der Waals surface area contributed by atoms with Crippen LogP contribution in [0.2, 0.25) is 0 Å². The highest BCUT2D eigenvalue weighted by Gasteiger charge is 2.44. The van der Waals surface area contributed by atoms with Crippen molar-refractivity contribution in [3.8, 4) is 0 Å². The van der Waals surface area contributed by atoms with Gasteiger partial charge < -0.3 is 0 Å². The van der Waals surface area contributed by atoms with Crippen LogP contribution < -0.4 is 11.3 Å².